The van der Waals surface area contributed by atoms with Crippen LogP contribution in [0.4, 0.5) is 0 Å². The van der Waals surface area contributed by atoms with E-state index >= 15 is 0 Å². The van der Waals surface area contributed by atoms with Crippen molar-refractivity contribution in [3.05, 3.63) is 38.2 Å². The normalized spacial score (nSPS) is 11.7. The van der Waals surface area contributed by atoms with Gasteiger partial charge in [-0.15, -0.1) is 0 Å². The topological polar surface area (TPSA) is 0 Å². The van der Waals surface area contributed by atoms with Crippen LogP contribution in [0.2, 0.25) is 0 Å². The van der Waals surface area contributed by atoms with Crippen LogP contribution in [-0.2, 0) is 0 Å². The summed E-state index contributed by atoms with van der Waals surface area (Å²) in [6, 6.07) is 0. The lowest BCUT2D eigenvalue weighted by Crippen LogP contribution is -1.52. The number of hydrogen-bond donors (Lipinski definition) is 0. The van der Waals surface area contributed by atoms with Crippen molar-refractivity contribution in [3.8, 4) is 0 Å². The van der Waals surface area contributed by atoms with Gasteiger partial charge in [0, 0.05) is 0 Å². The standard InChI is InChI=1S/C7H9/c1-3-5-7-6-4-2/h1,3-6H,2,7H2/b5-3+,6-4+. The summed E-state index contributed by atoms with van der Waals surface area (Å²) in [6.45, 7) is 8.54. The summed E-state index contributed by atoms with van der Waals surface area (Å²) in [5.41, 5.74) is 0. The average Bonchev–Trinajstić information content (AvgIpc) is 1.69. The van der Waals surface area contributed by atoms with Crippen molar-refractivity contribution < 1.29 is 0 Å². The minimum Gasteiger partial charge on any atom is -0.0879 e. The van der Waals surface area contributed by atoms with Crippen molar-refractivity contribution in [3.63, 3.8) is 0 Å². The zero-order chi connectivity index (χ0) is 5.54. The Hall–Kier alpha value is -0.520. The second-order valence-electron chi connectivity index (χ2n) is 1.14. The molecule has 0 saturated carbocycles. The first-order valence-corrected chi connectivity index (χ1v) is 2.22. The number of hydrogen-bond acceptors (Lipinski definition) is 0. The van der Waals surface area contributed by atoms with Crippen LogP contribution in [0.3, 0.4) is 0 Å². The maximum Gasteiger partial charge on any atom is -0.00957 e. The summed E-state index contributed by atoms with van der Waals surface area (Å²) in [5.74, 6) is 0. The summed E-state index contributed by atoms with van der Waals surface area (Å²) in [7, 11) is 0. The highest BCUT2D eigenvalue weighted by molar-refractivity contribution is 4.94. The molecule has 0 atom stereocenters. The first kappa shape index (κ1) is 6.48. The second kappa shape index (κ2) is 5.48. The third-order valence-corrected chi connectivity index (χ3v) is 0.575. The SMILES string of the molecule is [CH]/C=C/C/C=C/[CH2]. The van der Waals surface area contributed by atoms with Gasteiger partial charge in [0.1, 0.15) is 0 Å². The number of rotatable bonds is 2. The first-order chi connectivity index (χ1) is 3.41. The lowest BCUT2D eigenvalue weighted by atomic mass is 10.3. The highest BCUT2D eigenvalue weighted by Crippen LogP contribution is 1.82. The molecule has 0 rings (SSSR count). The van der Waals surface area contributed by atoms with E-state index in [0.717, 1.165) is 6.42 Å². The van der Waals surface area contributed by atoms with Crippen LogP contribution in [0.25, 0.3) is 0 Å². The summed E-state index contributed by atoms with van der Waals surface area (Å²) < 4.78 is 0. The van der Waals surface area contributed by atoms with E-state index in [4.69, 9.17) is 6.92 Å². The van der Waals surface area contributed by atoms with E-state index in [-0.39, 0.29) is 0 Å². The highest BCUT2D eigenvalue weighted by Gasteiger charge is 1.61. The Morgan fingerprint density at radius 1 is 1.43 bits per heavy atom. The largest absolute Gasteiger partial charge is 0.0879 e. The lowest BCUT2D eigenvalue weighted by molar-refractivity contribution is 1.39. The van der Waals surface area contributed by atoms with Gasteiger partial charge in [-0.3, -0.25) is 0 Å². The molecule has 0 aromatic carbocycles. The van der Waals surface area contributed by atoms with E-state index in [9.17, 15) is 0 Å². The smallest absolute Gasteiger partial charge is 0.00957 e. The van der Waals surface area contributed by atoms with Crippen molar-refractivity contribution in [2.24, 2.45) is 0 Å². The molecule has 0 N–H and O–H groups in total. The third kappa shape index (κ3) is 5.48. The van der Waals surface area contributed by atoms with Crippen molar-refractivity contribution in [2.75, 3.05) is 0 Å². The van der Waals surface area contributed by atoms with E-state index in [2.05, 4.69) is 6.92 Å². The van der Waals surface area contributed by atoms with Crippen molar-refractivity contribution in [1.29, 1.82) is 0 Å². The van der Waals surface area contributed by atoms with Gasteiger partial charge >= 0.3 is 0 Å². The molecule has 0 spiro atoms. The fourth-order valence-corrected chi connectivity index (χ4v) is 0.253. The van der Waals surface area contributed by atoms with Crippen molar-refractivity contribution in [1.82, 2.24) is 0 Å². The van der Waals surface area contributed by atoms with E-state index in [0.29, 0.717) is 0 Å². The maximum atomic E-state index is 5.03. The van der Waals surface area contributed by atoms with Gasteiger partial charge in [-0.25, -0.2) is 0 Å². The van der Waals surface area contributed by atoms with E-state index in [1.807, 2.05) is 12.2 Å². The predicted molar refractivity (Wildman–Crippen MR) is 32.6 cm³/mol. The second-order valence-corrected chi connectivity index (χ2v) is 1.14. The van der Waals surface area contributed by atoms with Gasteiger partial charge in [-0.2, -0.15) is 0 Å². The molecule has 0 amide bonds. The van der Waals surface area contributed by atoms with E-state index < -0.39 is 0 Å². The fraction of sp³-hybridized carbons (Fsp3) is 0.143. The predicted octanol–water partition coefficient (Wildman–Crippen LogP) is 2.03. The molecule has 0 aliphatic carbocycles. The molecule has 0 fully saturated rings. The first-order valence-electron chi connectivity index (χ1n) is 2.22. The van der Waals surface area contributed by atoms with Crippen molar-refractivity contribution >= 4 is 0 Å². The Kier molecular flexibility index (Phi) is 5.07. The molecular weight excluding hydrogens is 84.1 g/mol. The molecule has 0 aliphatic rings. The quantitative estimate of drug-likeness (QED) is 0.490. The molecule has 3 radical (unpaired) electrons. The van der Waals surface area contributed by atoms with Crippen molar-refractivity contribution in [2.45, 2.75) is 6.42 Å². The Morgan fingerprint density at radius 3 is 2.57 bits per heavy atom. The van der Waals surface area contributed by atoms with Crippen LogP contribution >= 0.6 is 0 Å². The number of allylic oxidation sites excluding steroid dienone is 4. The van der Waals surface area contributed by atoms with Crippen LogP contribution < -0.4 is 0 Å². The van der Waals surface area contributed by atoms with Crippen LogP contribution in [0.5, 0.6) is 0 Å². The Balaban J connectivity index is 2.98. The molecule has 0 heteroatoms. The molecule has 0 aliphatic heterocycles. The van der Waals surface area contributed by atoms with Gasteiger partial charge in [-0.1, -0.05) is 24.3 Å². The molecule has 0 heterocycles. The van der Waals surface area contributed by atoms with Crippen LogP contribution in [0.15, 0.2) is 24.3 Å². The molecule has 0 aromatic rings. The molecule has 0 aromatic heterocycles. The summed E-state index contributed by atoms with van der Waals surface area (Å²) >= 11 is 0. The molecule has 0 saturated heterocycles. The Bertz CT molecular complexity index is 58.1. The van der Waals surface area contributed by atoms with Crippen LogP contribution in [0.1, 0.15) is 6.42 Å². The average molecular weight is 93.1 g/mol. The van der Waals surface area contributed by atoms with Gasteiger partial charge in [0.2, 0.25) is 0 Å². The molecule has 7 heavy (non-hydrogen) atoms. The molecular formula is C7H9. The molecule has 0 nitrogen and oxygen atoms in total. The van der Waals surface area contributed by atoms with Gasteiger partial charge in [-0.05, 0) is 20.3 Å². The van der Waals surface area contributed by atoms with Crippen LogP contribution in [0, 0.1) is 13.8 Å². The minimum atomic E-state index is 0.889. The highest BCUT2D eigenvalue weighted by atomic mass is 13.7. The van der Waals surface area contributed by atoms with Gasteiger partial charge in [0.15, 0.2) is 0 Å². The maximum absolute atomic E-state index is 5.03. The Morgan fingerprint density at radius 2 is 2.14 bits per heavy atom. The van der Waals surface area contributed by atoms with Crippen LogP contribution in [-0.4, -0.2) is 0 Å². The zero-order valence-electron chi connectivity index (χ0n) is 4.30. The Labute approximate surface area is 45.5 Å². The summed E-state index contributed by atoms with van der Waals surface area (Å²) in [4.78, 5) is 0. The van der Waals surface area contributed by atoms with E-state index in [1.54, 1.807) is 6.08 Å². The van der Waals surface area contributed by atoms with Gasteiger partial charge in [0.05, 0.1) is 0 Å². The third-order valence-electron chi connectivity index (χ3n) is 0.575. The fourth-order valence-electron chi connectivity index (χ4n) is 0.253. The lowest BCUT2D eigenvalue weighted by Gasteiger charge is -1.73. The minimum absolute atomic E-state index is 0.889. The zero-order valence-corrected chi connectivity index (χ0v) is 4.30. The molecule has 37 valence electrons. The molecule has 0 bridgehead atoms. The van der Waals surface area contributed by atoms with Gasteiger partial charge < -0.3 is 0 Å². The molecule has 0 unspecified atom stereocenters. The monoisotopic (exact) mass is 93.1 g/mol. The van der Waals surface area contributed by atoms with Gasteiger partial charge in [0.25, 0.3) is 0 Å². The summed E-state index contributed by atoms with van der Waals surface area (Å²) in [6.07, 6.45) is 7.96. The van der Waals surface area contributed by atoms with E-state index in [1.165, 1.54) is 6.08 Å². The summed E-state index contributed by atoms with van der Waals surface area (Å²) in [5, 5.41) is 0.